The Morgan fingerprint density at radius 3 is 2.41 bits per heavy atom. The molecular weight excluding hydrogens is 569 g/mol. The second-order valence-corrected chi connectivity index (χ2v) is 11.1. The number of rotatable bonds is 12. The van der Waals surface area contributed by atoms with E-state index >= 15 is 0 Å². The van der Waals surface area contributed by atoms with E-state index < -0.39 is 28.5 Å². The molecule has 0 saturated carbocycles. The molecule has 0 spiro atoms. The van der Waals surface area contributed by atoms with E-state index in [1.165, 1.54) is 4.90 Å². The average Bonchev–Trinajstić information content (AvgIpc) is 2.80. The zero-order valence-corrected chi connectivity index (χ0v) is 22.9. The monoisotopic (exact) mass is 601 g/mol. The highest BCUT2D eigenvalue weighted by Crippen LogP contribution is 2.21. The van der Waals surface area contributed by atoms with Gasteiger partial charge in [0.05, 0.1) is 19.1 Å². The lowest BCUT2D eigenvalue weighted by Crippen LogP contribution is -2.51. The third-order valence-electron chi connectivity index (χ3n) is 5.28. The van der Waals surface area contributed by atoms with Gasteiger partial charge in [-0.25, -0.2) is 8.42 Å². The Bertz CT molecular complexity index is 1080. The van der Waals surface area contributed by atoms with Crippen molar-refractivity contribution in [1.82, 2.24) is 10.2 Å². The van der Waals surface area contributed by atoms with Crippen LogP contribution in [0.2, 0.25) is 0 Å². The van der Waals surface area contributed by atoms with Crippen molar-refractivity contribution in [3.63, 3.8) is 0 Å². The van der Waals surface area contributed by atoms with Crippen LogP contribution in [0.1, 0.15) is 32.3 Å². The maximum absolute atomic E-state index is 13.5. The number of carbonyl (C=O) groups excluding carboxylic acids is 2. The smallest absolute Gasteiger partial charge is 0.244 e. The maximum Gasteiger partial charge on any atom is 0.244 e. The average molecular weight is 602 g/mol. The van der Waals surface area contributed by atoms with E-state index in [0.717, 1.165) is 32.5 Å². The SMILES string of the molecule is CCCCNC(=O)C(C)N(Cc1cccc(OC)c1)C(=O)CN(c1ccc(I)cc1)S(C)(=O)=O. The highest BCUT2D eigenvalue weighted by atomic mass is 127. The van der Waals surface area contributed by atoms with E-state index in [-0.39, 0.29) is 12.5 Å². The number of sulfonamides is 1. The highest BCUT2D eigenvalue weighted by molar-refractivity contribution is 14.1. The second-order valence-electron chi connectivity index (χ2n) is 7.94. The molecule has 186 valence electrons. The first-order valence-electron chi connectivity index (χ1n) is 11.0. The summed E-state index contributed by atoms with van der Waals surface area (Å²) in [5, 5.41) is 2.86. The Morgan fingerprint density at radius 1 is 1.15 bits per heavy atom. The summed E-state index contributed by atoms with van der Waals surface area (Å²) in [4.78, 5) is 27.7. The minimum absolute atomic E-state index is 0.128. The first-order valence-corrected chi connectivity index (χ1v) is 13.9. The minimum atomic E-state index is -3.74. The van der Waals surface area contributed by atoms with E-state index in [1.807, 2.05) is 13.0 Å². The van der Waals surface area contributed by atoms with Gasteiger partial charge in [-0.2, -0.15) is 0 Å². The number of ether oxygens (including phenoxy) is 1. The molecular formula is C24H32IN3O5S. The molecule has 2 aromatic rings. The number of methoxy groups -OCH3 is 1. The van der Waals surface area contributed by atoms with Crippen LogP contribution in [-0.2, 0) is 26.2 Å². The molecule has 0 bridgehead atoms. The predicted octanol–water partition coefficient (Wildman–Crippen LogP) is 3.40. The van der Waals surface area contributed by atoms with Gasteiger partial charge >= 0.3 is 0 Å². The van der Waals surface area contributed by atoms with Gasteiger partial charge in [0.15, 0.2) is 0 Å². The molecule has 0 aliphatic rings. The van der Waals surface area contributed by atoms with Crippen LogP contribution in [0.4, 0.5) is 5.69 Å². The van der Waals surface area contributed by atoms with Crippen molar-refractivity contribution in [3.05, 3.63) is 57.7 Å². The van der Waals surface area contributed by atoms with Crippen molar-refractivity contribution in [3.8, 4) is 5.75 Å². The number of benzene rings is 2. The molecule has 2 amide bonds. The van der Waals surface area contributed by atoms with Gasteiger partial charge in [0.25, 0.3) is 0 Å². The van der Waals surface area contributed by atoms with Crippen LogP contribution in [0.5, 0.6) is 5.75 Å². The lowest BCUT2D eigenvalue weighted by Gasteiger charge is -2.31. The normalized spacial score (nSPS) is 12.0. The van der Waals surface area contributed by atoms with Crippen molar-refractivity contribution in [1.29, 1.82) is 0 Å². The molecule has 0 saturated heterocycles. The van der Waals surface area contributed by atoms with E-state index in [2.05, 4.69) is 27.9 Å². The largest absolute Gasteiger partial charge is 0.497 e. The maximum atomic E-state index is 13.5. The van der Waals surface area contributed by atoms with Gasteiger partial charge in [0.1, 0.15) is 18.3 Å². The van der Waals surface area contributed by atoms with Gasteiger partial charge in [-0.1, -0.05) is 25.5 Å². The van der Waals surface area contributed by atoms with Crippen molar-refractivity contribution < 1.29 is 22.7 Å². The summed E-state index contributed by atoms with van der Waals surface area (Å²) < 4.78 is 32.4. The van der Waals surface area contributed by atoms with Gasteiger partial charge < -0.3 is 15.0 Å². The standard InChI is InChI=1S/C24H32IN3O5S/c1-5-6-14-26-24(30)18(2)27(16-19-8-7-9-22(15-19)33-3)23(29)17-28(34(4,31)32)21-12-10-20(25)11-13-21/h7-13,15,18H,5-6,14,16-17H2,1-4H3,(H,26,30). The molecule has 10 heteroatoms. The van der Waals surface area contributed by atoms with Crippen LogP contribution in [0.15, 0.2) is 48.5 Å². The van der Waals surface area contributed by atoms with E-state index in [0.29, 0.717) is 18.0 Å². The van der Waals surface area contributed by atoms with E-state index in [1.54, 1.807) is 56.5 Å². The molecule has 2 aromatic carbocycles. The Labute approximate surface area is 215 Å². The number of anilines is 1. The topological polar surface area (TPSA) is 96.0 Å². The van der Waals surface area contributed by atoms with Gasteiger partial charge in [-0.3, -0.25) is 13.9 Å². The molecule has 2 rings (SSSR count). The van der Waals surface area contributed by atoms with Gasteiger partial charge in [-0.15, -0.1) is 0 Å². The van der Waals surface area contributed by atoms with E-state index in [9.17, 15) is 18.0 Å². The number of nitrogens with one attached hydrogen (secondary N) is 1. The van der Waals surface area contributed by atoms with Gasteiger partial charge in [0, 0.05) is 16.7 Å². The fraction of sp³-hybridized carbons (Fsp3) is 0.417. The van der Waals surface area contributed by atoms with Crippen molar-refractivity contribution in [2.75, 3.05) is 30.8 Å². The molecule has 1 unspecified atom stereocenters. The van der Waals surface area contributed by atoms with Crippen LogP contribution in [0.3, 0.4) is 0 Å². The first kappa shape index (κ1) is 27.9. The number of hydrogen-bond donors (Lipinski definition) is 1. The number of halogens is 1. The van der Waals surface area contributed by atoms with Gasteiger partial charge in [-0.05, 0) is 77.9 Å². The summed E-state index contributed by atoms with van der Waals surface area (Å²) in [5.41, 5.74) is 1.15. The fourth-order valence-corrected chi connectivity index (χ4v) is 4.52. The quantitative estimate of drug-likeness (QED) is 0.297. The minimum Gasteiger partial charge on any atom is -0.497 e. The third-order valence-corrected chi connectivity index (χ3v) is 7.14. The molecule has 0 aliphatic heterocycles. The molecule has 0 fully saturated rings. The molecule has 0 aromatic heterocycles. The third kappa shape index (κ3) is 8.15. The first-order chi connectivity index (χ1) is 16.1. The number of nitrogens with zero attached hydrogens (tertiary/aromatic N) is 2. The number of hydrogen-bond acceptors (Lipinski definition) is 5. The molecule has 0 heterocycles. The summed E-state index contributed by atoms with van der Waals surface area (Å²) in [6.45, 7) is 3.89. The van der Waals surface area contributed by atoms with E-state index in [4.69, 9.17) is 4.74 Å². The Kier molecular flexibility index (Phi) is 10.6. The molecule has 1 atom stereocenters. The fourth-order valence-electron chi connectivity index (χ4n) is 3.31. The summed E-state index contributed by atoms with van der Waals surface area (Å²) in [7, 11) is -2.19. The summed E-state index contributed by atoms with van der Waals surface area (Å²) in [6.07, 6.45) is 2.82. The predicted molar refractivity (Wildman–Crippen MR) is 142 cm³/mol. The van der Waals surface area contributed by atoms with Crippen LogP contribution in [0.25, 0.3) is 0 Å². The van der Waals surface area contributed by atoms with Gasteiger partial charge in [0.2, 0.25) is 21.8 Å². The van der Waals surface area contributed by atoms with Crippen LogP contribution in [0, 0.1) is 3.57 Å². The number of unbranched alkanes of at least 4 members (excludes halogenated alkanes) is 1. The Morgan fingerprint density at radius 2 is 1.82 bits per heavy atom. The molecule has 0 radical (unpaired) electrons. The number of carbonyl (C=O) groups is 2. The zero-order chi connectivity index (χ0) is 25.3. The van der Waals surface area contributed by atoms with Crippen LogP contribution in [-0.4, -0.2) is 57.6 Å². The lowest BCUT2D eigenvalue weighted by molar-refractivity contribution is -0.139. The Balaban J connectivity index is 2.35. The Hall–Kier alpha value is -2.34. The highest BCUT2D eigenvalue weighted by Gasteiger charge is 2.30. The summed E-state index contributed by atoms with van der Waals surface area (Å²) in [6, 6.07) is 13.3. The summed E-state index contributed by atoms with van der Waals surface area (Å²) >= 11 is 2.13. The zero-order valence-electron chi connectivity index (χ0n) is 20.0. The van der Waals surface area contributed by atoms with Crippen molar-refractivity contribution in [2.24, 2.45) is 0 Å². The lowest BCUT2D eigenvalue weighted by atomic mass is 10.1. The van der Waals surface area contributed by atoms with Crippen molar-refractivity contribution in [2.45, 2.75) is 39.3 Å². The van der Waals surface area contributed by atoms with Crippen LogP contribution >= 0.6 is 22.6 Å². The second kappa shape index (κ2) is 12.9. The van der Waals surface area contributed by atoms with Crippen LogP contribution < -0.4 is 14.4 Å². The molecule has 0 aliphatic carbocycles. The number of amides is 2. The molecule has 34 heavy (non-hydrogen) atoms. The molecule has 8 nitrogen and oxygen atoms in total. The van der Waals surface area contributed by atoms with Crippen molar-refractivity contribution >= 4 is 50.1 Å². The summed E-state index contributed by atoms with van der Waals surface area (Å²) in [5.74, 6) is -0.142. The molecule has 1 N–H and O–H groups in total.